The number of aliphatic hydroxyl groups excluding tert-OH is 3. The van der Waals surface area contributed by atoms with Crippen molar-refractivity contribution in [2.45, 2.75) is 31.0 Å². The van der Waals surface area contributed by atoms with Crippen LogP contribution in [0.25, 0.3) is 0 Å². The fourth-order valence-electron chi connectivity index (χ4n) is 2.12. The molecule has 1 aliphatic heterocycles. The van der Waals surface area contributed by atoms with E-state index in [1.807, 2.05) is 30.3 Å². The number of rotatable bonds is 4. The Hall–Kier alpha value is -0.980. The van der Waals surface area contributed by atoms with Gasteiger partial charge in [0.05, 0.1) is 25.4 Å². The van der Waals surface area contributed by atoms with Crippen LogP contribution in [0.15, 0.2) is 30.3 Å². The summed E-state index contributed by atoms with van der Waals surface area (Å²) in [5.41, 5.74) is 0.987. The molecule has 0 aliphatic carbocycles. The Kier molecular flexibility index (Phi) is 4.68. The van der Waals surface area contributed by atoms with E-state index in [-0.39, 0.29) is 19.2 Å². The summed E-state index contributed by atoms with van der Waals surface area (Å²) in [6.45, 7) is 0.467. The fraction of sp³-hybridized carbons (Fsp3) is 0.538. The summed E-state index contributed by atoms with van der Waals surface area (Å²) in [6.07, 6.45) is -2.46. The number of aliphatic hydroxyl groups is 3. The van der Waals surface area contributed by atoms with Gasteiger partial charge in [-0.3, -0.25) is 0 Å². The highest BCUT2D eigenvalue weighted by Gasteiger charge is 2.37. The lowest BCUT2D eigenvalue weighted by Gasteiger charge is -2.38. The van der Waals surface area contributed by atoms with E-state index in [0.29, 0.717) is 6.61 Å². The Morgan fingerprint density at radius 1 is 1.22 bits per heavy atom. The van der Waals surface area contributed by atoms with Gasteiger partial charge in [-0.15, -0.1) is 0 Å². The molecule has 0 radical (unpaired) electrons. The number of hydrogen-bond donors (Lipinski definition) is 4. The third kappa shape index (κ3) is 3.07. The zero-order valence-corrected chi connectivity index (χ0v) is 10.1. The molecule has 100 valence electrons. The quantitative estimate of drug-likeness (QED) is 0.568. The van der Waals surface area contributed by atoms with Crippen molar-refractivity contribution in [1.82, 2.24) is 5.32 Å². The van der Waals surface area contributed by atoms with Crippen LogP contribution in [0, 0.1) is 0 Å². The maximum atomic E-state index is 9.89. The second-order valence-corrected chi connectivity index (χ2v) is 4.52. The first-order chi connectivity index (χ1) is 8.72. The summed E-state index contributed by atoms with van der Waals surface area (Å²) >= 11 is 0. The molecule has 1 aliphatic rings. The molecule has 0 bridgehead atoms. The summed E-state index contributed by atoms with van der Waals surface area (Å²) in [6, 6.07) is 9.23. The first-order valence-corrected chi connectivity index (χ1v) is 6.08. The number of hydrogen-bond acceptors (Lipinski definition) is 5. The van der Waals surface area contributed by atoms with Crippen molar-refractivity contribution in [1.29, 1.82) is 0 Å². The van der Waals surface area contributed by atoms with Gasteiger partial charge in [-0.05, 0) is 5.56 Å². The SMILES string of the molecule is OC[C@H]1NC[C@H](O)[C@@H](O)[C@H]1OCc1ccccc1. The van der Waals surface area contributed by atoms with E-state index in [0.717, 1.165) is 5.56 Å². The third-order valence-electron chi connectivity index (χ3n) is 3.20. The number of piperidine rings is 1. The van der Waals surface area contributed by atoms with Crippen molar-refractivity contribution < 1.29 is 20.1 Å². The van der Waals surface area contributed by atoms with Crippen molar-refractivity contribution in [3.05, 3.63) is 35.9 Å². The smallest absolute Gasteiger partial charge is 0.109 e. The second-order valence-electron chi connectivity index (χ2n) is 4.52. The van der Waals surface area contributed by atoms with Crippen molar-refractivity contribution in [3.8, 4) is 0 Å². The Bertz CT molecular complexity index is 357. The Balaban J connectivity index is 1.96. The summed E-state index contributed by atoms with van der Waals surface area (Å²) in [7, 11) is 0. The minimum absolute atomic E-state index is 0.136. The molecule has 18 heavy (non-hydrogen) atoms. The molecular weight excluding hydrogens is 234 g/mol. The molecular formula is C13H19NO4. The second kappa shape index (κ2) is 6.26. The standard InChI is InChI=1S/C13H19NO4/c15-7-10-13(12(17)11(16)6-14-10)18-8-9-4-2-1-3-5-9/h1-5,10-17H,6-8H2/t10-,11+,12-,13+/m1/s1. The van der Waals surface area contributed by atoms with E-state index in [1.165, 1.54) is 0 Å². The maximum Gasteiger partial charge on any atom is 0.109 e. The van der Waals surface area contributed by atoms with Crippen LogP contribution in [0.4, 0.5) is 0 Å². The Morgan fingerprint density at radius 3 is 2.61 bits per heavy atom. The van der Waals surface area contributed by atoms with E-state index in [4.69, 9.17) is 4.74 Å². The van der Waals surface area contributed by atoms with E-state index >= 15 is 0 Å². The van der Waals surface area contributed by atoms with Gasteiger partial charge in [-0.2, -0.15) is 0 Å². The van der Waals surface area contributed by atoms with Crippen LogP contribution in [0.2, 0.25) is 0 Å². The molecule has 5 heteroatoms. The summed E-state index contributed by atoms with van der Waals surface area (Å²) in [4.78, 5) is 0. The van der Waals surface area contributed by atoms with Gasteiger partial charge in [0.1, 0.15) is 12.2 Å². The third-order valence-corrected chi connectivity index (χ3v) is 3.20. The molecule has 1 saturated heterocycles. The molecule has 0 aromatic heterocycles. The number of benzene rings is 1. The van der Waals surface area contributed by atoms with Crippen LogP contribution in [-0.2, 0) is 11.3 Å². The number of nitrogens with one attached hydrogen (secondary N) is 1. The van der Waals surface area contributed by atoms with Crippen molar-refractivity contribution in [2.75, 3.05) is 13.2 Å². The van der Waals surface area contributed by atoms with Crippen LogP contribution in [0.1, 0.15) is 5.56 Å². The topological polar surface area (TPSA) is 82.0 Å². The highest BCUT2D eigenvalue weighted by atomic mass is 16.5. The predicted molar refractivity (Wildman–Crippen MR) is 65.9 cm³/mol. The first-order valence-electron chi connectivity index (χ1n) is 6.08. The summed E-state index contributed by atoms with van der Waals surface area (Å²) < 4.78 is 5.62. The normalized spacial score (nSPS) is 32.4. The van der Waals surface area contributed by atoms with Gasteiger partial charge >= 0.3 is 0 Å². The van der Waals surface area contributed by atoms with Gasteiger partial charge in [0.25, 0.3) is 0 Å². The molecule has 1 heterocycles. The monoisotopic (exact) mass is 253 g/mol. The number of β-amino-alcohol motifs (C(OH)–C–C–N with tert-alkyl or cyclic N) is 1. The molecule has 2 rings (SSSR count). The highest BCUT2D eigenvalue weighted by molar-refractivity contribution is 5.13. The molecule has 1 aromatic carbocycles. The van der Waals surface area contributed by atoms with Crippen LogP contribution >= 0.6 is 0 Å². The van der Waals surface area contributed by atoms with Gasteiger partial charge < -0.3 is 25.4 Å². The minimum Gasteiger partial charge on any atom is -0.395 e. The summed E-state index contributed by atoms with van der Waals surface area (Å²) in [5, 5.41) is 31.7. The van der Waals surface area contributed by atoms with Crippen LogP contribution < -0.4 is 5.32 Å². The molecule has 0 saturated carbocycles. The number of ether oxygens (including phenoxy) is 1. The average Bonchev–Trinajstić information content (AvgIpc) is 2.41. The predicted octanol–water partition coefficient (Wildman–Crippen LogP) is -0.742. The lowest BCUT2D eigenvalue weighted by Crippen LogP contribution is -2.61. The zero-order chi connectivity index (χ0) is 13.0. The lowest BCUT2D eigenvalue weighted by molar-refractivity contribution is -0.133. The van der Waals surface area contributed by atoms with Gasteiger partial charge in [0, 0.05) is 6.54 Å². The van der Waals surface area contributed by atoms with Gasteiger partial charge in [-0.25, -0.2) is 0 Å². The van der Waals surface area contributed by atoms with Gasteiger partial charge in [-0.1, -0.05) is 30.3 Å². The highest BCUT2D eigenvalue weighted by Crippen LogP contribution is 2.16. The zero-order valence-electron chi connectivity index (χ0n) is 10.1. The summed E-state index contributed by atoms with van der Waals surface area (Å²) in [5.74, 6) is 0. The molecule has 4 N–H and O–H groups in total. The fourth-order valence-corrected chi connectivity index (χ4v) is 2.12. The first kappa shape index (κ1) is 13.5. The molecule has 5 nitrogen and oxygen atoms in total. The largest absolute Gasteiger partial charge is 0.395 e. The maximum absolute atomic E-state index is 9.89. The van der Waals surface area contributed by atoms with E-state index in [1.54, 1.807) is 0 Å². The van der Waals surface area contributed by atoms with Gasteiger partial charge in [0.15, 0.2) is 0 Å². The Labute approximate surface area is 106 Å². The van der Waals surface area contributed by atoms with Crippen molar-refractivity contribution >= 4 is 0 Å². The van der Waals surface area contributed by atoms with Crippen LogP contribution in [0.3, 0.4) is 0 Å². The van der Waals surface area contributed by atoms with E-state index in [9.17, 15) is 15.3 Å². The van der Waals surface area contributed by atoms with Crippen molar-refractivity contribution in [2.24, 2.45) is 0 Å². The molecule has 1 fully saturated rings. The lowest BCUT2D eigenvalue weighted by atomic mass is 9.96. The van der Waals surface area contributed by atoms with Gasteiger partial charge in [0.2, 0.25) is 0 Å². The van der Waals surface area contributed by atoms with Crippen LogP contribution in [0.5, 0.6) is 0 Å². The average molecular weight is 253 g/mol. The molecule has 0 unspecified atom stereocenters. The Morgan fingerprint density at radius 2 is 1.94 bits per heavy atom. The van der Waals surface area contributed by atoms with E-state index in [2.05, 4.69) is 5.32 Å². The van der Waals surface area contributed by atoms with Crippen molar-refractivity contribution in [3.63, 3.8) is 0 Å². The molecule has 1 aromatic rings. The van der Waals surface area contributed by atoms with Crippen LogP contribution in [-0.4, -0.2) is 52.8 Å². The molecule has 0 amide bonds. The minimum atomic E-state index is -0.980. The molecule has 0 spiro atoms. The molecule has 4 atom stereocenters. The van der Waals surface area contributed by atoms with E-state index < -0.39 is 18.3 Å².